The Kier molecular flexibility index (Phi) is 19.1. The molecule has 1 aromatic heterocycles. The van der Waals surface area contributed by atoms with Gasteiger partial charge in [0.25, 0.3) is 0 Å². The van der Waals surface area contributed by atoms with Crippen LogP contribution < -0.4 is 35.9 Å². The number of nitrogens with zero attached hydrogens (tertiary/aromatic N) is 2. The molecule has 0 radical (unpaired) electrons. The summed E-state index contributed by atoms with van der Waals surface area (Å²) in [6.07, 6.45) is 4.04. The van der Waals surface area contributed by atoms with E-state index in [0.717, 1.165) is 16.8 Å². The van der Waals surface area contributed by atoms with Gasteiger partial charge in [0.1, 0.15) is 40.9 Å². The van der Waals surface area contributed by atoms with Crippen LogP contribution in [-0.2, 0) is 51.1 Å². The highest BCUT2D eigenvalue weighted by molar-refractivity contribution is 5.95. The van der Waals surface area contributed by atoms with Gasteiger partial charge >= 0.3 is 23.7 Å². The second-order valence-corrected chi connectivity index (χ2v) is 19.0. The SMILES string of the molecule is CC(=O)NC(CC(=O)OC(C)(C)C)C(=O)NCC(=O)NC(CC(=O)OC(C)(C)C)C(=O)NCCCCCCOc1ccc(CC2Nc3c(Cc4ccccc4)nc(-c4ccccc4)c[n+]3C2=O)cc1F. The minimum Gasteiger partial charge on any atom is -0.491 e. The van der Waals surface area contributed by atoms with Gasteiger partial charge in [0.2, 0.25) is 23.6 Å². The third-order valence-corrected chi connectivity index (χ3v) is 10.6. The van der Waals surface area contributed by atoms with Crippen molar-refractivity contribution in [3.05, 3.63) is 108 Å². The van der Waals surface area contributed by atoms with Gasteiger partial charge in [0, 0.05) is 31.9 Å². The van der Waals surface area contributed by atoms with Crippen LogP contribution >= 0.6 is 0 Å². The maximum atomic E-state index is 15.3. The normalized spacial score (nSPS) is 14.0. The molecule has 1 aliphatic heterocycles. The highest BCUT2D eigenvalue weighted by atomic mass is 19.1. The molecular weight excluding hydrogens is 902 g/mol. The van der Waals surface area contributed by atoms with Crippen LogP contribution in [0.15, 0.2) is 85.1 Å². The molecule has 2 heterocycles. The number of hydrogen-bond acceptors (Lipinski definition) is 12. The summed E-state index contributed by atoms with van der Waals surface area (Å²) in [5, 5.41) is 13.3. The minimum absolute atomic E-state index is 0.0900. The molecule has 4 aromatic rings. The molecule has 4 amide bonds. The second-order valence-electron chi connectivity index (χ2n) is 19.0. The average Bonchev–Trinajstić information content (AvgIpc) is 3.59. The van der Waals surface area contributed by atoms with E-state index in [4.69, 9.17) is 19.2 Å². The van der Waals surface area contributed by atoms with Crippen molar-refractivity contribution >= 4 is 47.3 Å². The number of halogens is 1. The van der Waals surface area contributed by atoms with Gasteiger partial charge in [0.05, 0.1) is 26.0 Å². The molecule has 3 unspecified atom stereocenters. The Hall–Kier alpha value is -7.24. The van der Waals surface area contributed by atoms with Crippen molar-refractivity contribution in [1.82, 2.24) is 26.3 Å². The molecule has 5 rings (SSSR count). The molecule has 3 atom stereocenters. The van der Waals surface area contributed by atoms with Crippen molar-refractivity contribution in [3.63, 3.8) is 0 Å². The topological polar surface area (TPSA) is 224 Å². The Morgan fingerprint density at radius 1 is 0.757 bits per heavy atom. The zero-order valence-corrected chi connectivity index (χ0v) is 40.9. The molecule has 1 aliphatic rings. The van der Waals surface area contributed by atoms with Gasteiger partial charge in [-0.05, 0) is 77.6 Å². The lowest BCUT2D eigenvalue weighted by atomic mass is 10.1. The number of rotatable bonds is 23. The first-order valence-electron chi connectivity index (χ1n) is 23.5. The lowest BCUT2D eigenvalue weighted by molar-refractivity contribution is -0.552. The summed E-state index contributed by atoms with van der Waals surface area (Å²) in [4.78, 5) is 94.6. The van der Waals surface area contributed by atoms with E-state index in [1.54, 1.807) is 64.4 Å². The quantitative estimate of drug-likeness (QED) is 0.0374. The van der Waals surface area contributed by atoms with E-state index in [-0.39, 0.29) is 31.2 Å². The molecular formula is C52H65FN7O10+. The summed E-state index contributed by atoms with van der Waals surface area (Å²) in [6.45, 7) is 10.9. The third kappa shape index (κ3) is 17.4. The lowest BCUT2D eigenvalue weighted by Crippen LogP contribution is -2.53. The van der Waals surface area contributed by atoms with Gasteiger partial charge in [-0.1, -0.05) is 79.6 Å². The molecule has 0 aliphatic carbocycles. The number of ether oxygens (including phenoxy) is 3. The number of amides is 4. The third-order valence-electron chi connectivity index (χ3n) is 10.6. The van der Waals surface area contributed by atoms with Crippen molar-refractivity contribution in [1.29, 1.82) is 0 Å². The van der Waals surface area contributed by atoms with Crippen molar-refractivity contribution in [2.24, 2.45) is 0 Å². The summed E-state index contributed by atoms with van der Waals surface area (Å²) in [7, 11) is 0. The summed E-state index contributed by atoms with van der Waals surface area (Å²) in [6, 6.07) is 21.0. The highest BCUT2D eigenvalue weighted by Crippen LogP contribution is 2.26. The van der Waals surface area contributed by atoms with Gasteiger partial charge in [-0.2, -0.15) is 4.57 Å². The number of carbonyl (C=O) groups is 7. The first kappa shape index (κ1) is 53.7. The van der Waals surface area contributed by atoms with Gasteiger partial charge in [0.15, 0.2) is 17.6 Å². The largest absolute Gasteiger partial charge is 0.491 e. The van der Waals surface area contributed by atoms with Crippen LogP contribution in [0.25, 0.3) is 11.3 Å². The van der Waals surface area contributed by atoms with E-state index >= 15 is 4.39 Å². The van der Waals surface area contributed by atoms with Crippen molar-refractivity contribution < 1.29 is 56.7 Å². The monoisotopic (exact) mass is 966 g/mol. The molecule has 0 saturated carbocycles. The van der Waals surface area contributed by atoms with Crippen LogP contribution in [0.2, 0.25) is 0 Å². The van der Waals surface area contributed by atoms with Crippen LogP contribution in [0.4, 0.5) is 10.2 Å². The number of unbranched alkanes of at least 4 members (excludes halogenated alkanes) is 3. The van der Waals surface area contributed by atoms with Crippen molar-refractivity contribution in [2.45, 2.75) is 129 Å². The number of fused-ring (bicyclic) bond motifs is 1. The smallest absolute Gasteiger partial charge is 0.359 e. The van der Waals surface area contributed by atoms with Gasteiger partial charge < -0.3 is 35.5 Å². The van der Waals surface area contributed by atoms with Gasteiger partial charge in [-0.15, -0.1) is 0 Å². The number of esters is 2. The number of aromatic nitrogens is 2. The van der Waals surface area contributed by atoms with E-state index in [2.05, 4.69) is 26.6 Å². The fourth-order valence-electron chi connectivity index (χ4n) is 7.49. The fraction of sp³-hybridized carbons (Fsp3) is 0.442. The predicted molar refractivity (Wildman–Crippen MR) is 258 cm³/mol. The summed E-state index contributed by atoms with van der Waals surface area (Å²) in [5.41, 5.74) is 2.27. The zero-order valence-electron chi connectivity index (χ0n) is 40.9. The van der Waals surface area contributed by atoms with E-state index in [9.17, 15) is 33.6 Å². The maximum Gasteiger partial charge on any atom is 0.359 e. The first-order chi connectivity index (χ1) is 33.1. The number of nitrogens with one attached hydrogen (secondary N) is 5. The van der Waals surface area contributed by atoms with Gasteiger partial charge in [-0.3, -0.25) is 34.1 Å². The molecule has 0 fully saturated rings. The Morgan fingerprint density at radius 3 is 1.97 bits per heavy atom. The van der Waals surface area contributed by atoms with Crippen molar-refractivity contribution in [2.75, 3.05) is 25.0 Å². The molecule has 70 heavy (non-hydrogen) atoms. The van der Waals surface area contributed by atoms with E-state index in [1.165, 1.54) is 13.0 Å². The average molecular weight is 967 g/mol. The zero-order chi connectivity index (χ0) is 51.0. The molecule has 0 saturated heterocycles. The van der Waals surface area contributed by atoms with Crippen LogP contribution in [0.1, 0.15) is 109 Å². The minimum atomic E-state index is -1.34. The van der Waals surface area contributed by atoms with Crippen LogP contribution in [-0.4, -0.2) is 95.5 Å². The summed E-state index contributed by atoms with van der Waals surface area (Å²) in [5.74, 6) is -4.35. The molecule has 0 spiro atoms. The Bertz CT molecular complexity index is 2490. The predicted octanol–water partition coefficient (Wildman–Crippen LogP) is 5.07. The fourth-order valence-corrected chi connectivity index (χ4v) is 7.49. The van der Waals surface area contributed by atoms with Gasteiger partial charge in [-0.25, -0.2) is 14.2 Å². The molecule has 374 valence electrons. The summed E-state index contributed by atoms with van der Waals surface area (Å²) < 4.78 is 33.3. The number of benzene rings is 3. The Morgan fingerprint density at radius 2 is 1.36 bits per heavy atom. The molecule has 3 aromatic carbocycles. The van der Waals surface area contributed by atoms with Crippen LogP contribution in [0.3, 0.4) is 0 Å². The first-order valence-corrected chi connectivity index (χ1v) is 23.5. The van der Waals surface area contributed by atoms with Crippen molar-refractivity contribution in [3.8, 4) is 17.0 Å². The van der Waals surface area contributed by atoms with E-state index in [1.807, 2.05) is 60.7 Å². The Labute approximate surface area is 408 Å². The van der Waals surface area contributed by atoms with E-state index in [0.29, 0.717) is 49.2 Å². The van der Waals surface area contributed by atoms with E-state index < -0.39 is 90.1 Å². The Balaban J connectivity index is 1.06. The molecule has 18 heteroatoms. The lowest BCUT2D eigenvalue weighted by Gasteiger charge is -2.23. The number of anilines is 1. The van der Waals surface area contributed by atoms with Crippen LogP contribution in [0.5, 0.6) is 5.75 Å². The maximum absolute atomic E-state index is 15.3. The molecule has 17 nitrogen and oxygen atoms in total. The standard InChI is InChI=1S/C52H64FN7O10/c1-33(61)56-39(29-45(63)69-51(2,3)4)49(66)55-31-44(62)58-40(30-46(64)70-52(5,6)7)48(65)54-24-16-8-9-17-25-68-43-23-22-35(26-37(43)53)28-41-50(67)60-32-42(36-20-14-11-15-21-36)57-38(47(60)59-41)27-34-18-12-10-13-19-34/h10-15,18-23,26,32,39-41H,8-9,16-17,24-25,27-31H2,1-7H3,(H4,54,55,56,58,61,62,65,66)/p+1. The highest BCUT2D eigenvalue weighted by Gasteiger charge is 2.41. The summed E-state index contributed by atoms with van der Waals surface area (Å²) >= 11 is 0. The molecule has 5 N–H and O–H groups in total. The number of carbonyl (C=O) groups excluding carboxylic acids is 7. The second kappa shape index (κ2) is 24.9. The number of hydrogen-bond donors (Lipinski definition) is 5. The molecule has 0 bridgehead atoms. The van der Waals surface area contributed by atoms with Crippen LogP contribution in [0, 0.1) is 5.82 Å².